The Kier molecular flexibility index (Phi) is 4.53. The minimum absolute atomic E-state index is 0.0978. The lowest BCUT2D eigenvalue weighted by Crippen LogP contribution is -2.38. The molecule has 1 saturated carbocycles. The Morgan fingerprint density at radius 3 is 2.76 bits per heavy atom. The van der Waals surface area contributed by atoms with E-state index in [1.54, 1.807) is 5.38 Å². The Labute approximate surface area is 113 Å². The summed E-state index contributed by atoms with van der Waals surface area (Å²) in [5.41, 5.74) is 0.478. The molecule has 0 atom stereocenters. The molecule has 2 rings (SSSR count). The van der Waals surface area contributed by atoms with Gasteiger partial charge in [0, 0.05) is 18.0 Å². The van der Waals surface area contributed by atoms with Crippen molar-refractivity contribution in [2.24, 2.45) is 5.92 Å². The third-order valence-corrected chi connectivity index (χ3v) is 4.51. The smallest absolute Gasteiger partial charge is 0.271 e. The van der Waals surface area contributed by atoms with Gasteiger partial charge in [0.2, 0.25) is 0 Å². The van der Waals surface area contributed by atoms with Gasteiger partial charge in [0.15, 0.2) is 3.92 Å². The van der Waals surface area contributed by atoms with Crippen LogP contribution >= 0.6 is 27.3 Å². The Bertz CT molecular complexity index is 389. The average Bonchev–Trinajstić information content (AvgIpc) is 2.77. The predicted molar refractivity (Wildman–Crippen MR) is 70.1 cm³/mol. The first-order valence-electron chi connectivity index (χ1n) is 5.71. The SMILES string of the molecule is O=C(NC1CCC(CO)CC1)c1csc(Br)n1. The van der Waals surface area contributed by atoms with Crippen molar-refractivity contribution in [1.82, 2.24) is 10.3 Å². The van der Waals surface area contributed by atoms with Gasteiger partial charge in [-0.15, -0.1) is 11.3 Å². The summed E-state index contributed by atoms with van der Waals surface area (Å²) in [6.45, 7) is 0.264. The lowest BCUT2D eigenvalue weighted by atomic mass is 9.86. The summed E-state index contributed by atoms with van der Waals surface area (Å²) in [4.78, 5) is 15.9. The molecule has 0 aliphatic heterocycles. The molecular weight excluding hydrogens is 304 g/mol. The molecule has 0 saturated heterocycles. The second kappa shape index (κ2) is 5.93. The molecule has 2 N–H and O–H groups in total. The Morgan fingerprint density at radius 2 is 2.24 bits per heavy atom. The van der Waals surface area contributed by atoms with Gasteiger partial charge < -0.3 is 10.4 Å². The van der Waals surface area contributed by atoms with Crippen molar-refractivity contribution in [3.63, 3.8) is 0 Å². The first kappa shape index (κ1) is 13.0. The van der Waals surface area contributed by atoms with Crippen molar-refractivity contribution < 1.29 is 9.90 Å². The minimum Gasteiger partial charge on any atom is -0.396 e. The van der Waals surface area contributed by atoms with Crippen LogP contribution < -0.4 is 5.32 Å². The van der Waals surface area contributed by atoms with Gasteiger partial charge in [-0.3, -0.25) is 4.79 Å². The van der Waals surface area contributed by atoms with Gasteiger partial charge in [-0.2, -0.15) is 0 Å². The molecule has 1 aliphatic rings. The van der Waals surface area contributed by atoms with Gasteiger partial charge in [-0.1, -0.05) is 0 Å². The molecule has 1 amide bonds. The van der Waals surface area contributed by atoms with Crippen molar-refractivity contribution in [1.29, 1.82) is 0 Å². The molecule has 0 spiro atoms. The van der Waals surface area contributed by atoms with E-state index >= 15 is 0 Å². The van der Waals surface area contributed by atoms with E-state index in [1.165, 1.54) is 11.3 Å². The van der Waals surface area contributed by atoms with E-state index in [4.69, 9.17) is 5.11 Å². The number of thiazole rings is 1. The van der Waals surface area contributed by atoms with E-state index in [1.807, 2.05) is 0 Å². The van der Waals surface area contributed by atoms with Crippen LogP contribution in [0.4, 0.5) is 0 Å². The van der Waals surface area contributed by atoms with Crippen LogP contribution in [0.2, 0.25) is 0 Å². The Hall–Kier alpha value is -0.460. The van der Waals surface area contributed by atoms with Gasteiger partial charge in [-0.25, -0.2) is 4.98 Å². The molecule has 1 aliphatic carbocycles. The summed E-state index contributed by atoms with van der Waals surface area (Å²) in [5.74, 6) is 0.316. The maximum atomic E-state index is 11.8. The Morgan fingerprint density at radius 1 is 1.53 bits per heavy atom. The van der Waals surface area contributed by atoms with Crippen LogP contribution in [0.3, 0.4) is 0 Å². The first-order valence-corrected chi connectivity index (χ1v) is 7.39. The fourth-order valence-corrected chi connectivity index (χ4v) is 3.10. The number of hydrogen-bond acceptors (Lipinski definition) is 4. The molecule has 17 heavy (non-hydrogen) atoms. The van der Waals surface area contributed by atoms with Crippen LogP contribution in [0.15, 0.2) is 9.30 Å². The molecular formula is C11H15BrN2O2S. The lowest BCUT2D eigenvalue weighted by Gasteiger charge is -2.27. The summed E-state index contributed by atoms with van der Waals surface area (Å²) in [7, 11) is 0. The number of carbonyl (C=O) groups is 1. The third kappa shape index (κ3) is 3.50. The maximum Gasteiger partial charge on any atom is 0.271 e. The van der Waals surface area contributed by atoms with Crippen LogP contribution in [0, 0.1) is 5.92 Å². The van der Waals surface area contributed by atoms with Gasteiger partial charge >= 0.3 is 0 Å². The van der Waals surface area contributed by atoms with E-state index in [2.05, 4.69) is 26.2 Å². The number of aliphatic hydroxyl groups is 1. The van der Waals surface area contributed by atoms with Gasteiger partial charge in [-0.05, 0) is 47.5 Å². The summed E-state index contributed by atoms with van der Waals surface area (Å²) < 4.78 is 0.728. The highest BCUT2D eigenvalue weighted by Crippen LogP contribution is 2.24. The molecule has 94 valence electrons. The zero-order valence-electron chi connectivity index (χ0n) is 9.36. The van der Waals surface area contributed by atoms with E-state index in [-0.39, 0.29) is 18.6 Å². The molecule has 1 fully saturated rings. The monoisotopic (exact) mass is 318 g/mol. The van der Waals surface area contributed by atoms with Crippen LogP contribution in [-0.4, -0.2) is 28.6 Å². The average molecular weight is 319 g/mol. The molecule has 0 unspecified atom stereocenters. The number of halogens is 1. The second-order valence-corrected chi connectivity index (χ2v) is 6.49. The number of aliphatic hydroxyl groups excluding tert-OH is 1. The van der Waals surface area contributed by atoms with Crippen molar-refractivity contribution in [2.45, 2.75) is 31.7 Å². The quantitative estimate of drug-likeness (QED) is 0.898. The van der Waals surface area contributed by atoms with Gasteiger partial charge in [0.25, 0.3) is 5.91 Å². The normalized spacial score (nSPS) is 24.6. The number of aromatic nitrogens is 1. The lowest BCUT2D eigenvalue weighted by molar-refractivity contribution is 0.0909. The fraction of sp³-hybridized carbons (Fsp3) is 0.636. The minimum atomic E-state index is -0.0978. The van der Waals surface area contributed by atoms with E-state index in [0.717, 1.165) is 29.6 Å². The van der Waals surface area contributed by atoms with Crippen molar-refractivity contribution in [3.8, 4) is 0 Å². The Balaban J connectivity index is 1.84. The largest absolute Gasteiger partial charge is 0.396 e. The number of rotatable bonds is 3. The number of hydrogen-bond donors (Lipinski definition) is 2. The van der Waals surface area contributed by atoms with E-state index in [0.29, 0.717) is 11.6 Å². The number of amides is 1. The molecule has 1 aromatic rings. The highest BCUT2D eigenvalue weighted by molar-refractivity contribution is 9.11. The fourth-order valence-electron chi connectivity index (χ4n) is 2.10. The summed E-state index contributed by atoms with van der Waals surface area (Å²) >= 11 is 4.65. The van der Waals surface area contributed by atoms with Crippen LogP contribution in [0.5, 0.6) is 0 Å². The zero-order chi connectivity index (χ0) is 12.3. The highest BCUT2D eigenvalue weighted by Gasteiger charge is 2.22. The van der Waals surface area contributed by atoms with Crippen molar-refractivity contribution in [2.75, 3.05) is 6.61 Å². The van der Waals surface area contributed by atoms with Crippen LogP contribution in [0.25, 0.3) is 0 Å². The van der Waals surface area contributed by atoms with Crippen LogP contribution in [-0.2, 0) is 0 Å². The van der Waals surface area contributed by atoms with Gasteiger partial charge in [0.1, 0.15) is 5.69 Å². The molecule has 1 heterocycles. The number of carbonyl (C=O) groups excluding carboxylic acids is 1. The predicted octanol–water partition coefficient (Wildman–Crippen LogP) is 2.19. The molecule has 0 aromatic carbocycles. The van der Waals surface area contributed by atoms with Crippen LogP contribution in [0.1, 0.15) is 36.2 Å². The second-order valence-electron chi connectivity index (χ2n) is 4.36. The standard InChI is InChI=1S/C11H15BrN2O2S/c12-11-14-9(6-17-11)10(16)13-8-3-1-7(5-15)2-4-8/h6-8,15H,1-5H2,(H,13,16). The molecule has 6 heteroatoms. The van der Waals surface area contributed by atoms with E-state index in [9.17, 15) is 4.79 Å². The third-order valence-electron chi connectivity index (χ3n) is 3.15. The molecule has 4 nitrogen and oxygen atoms in total. The maximum absolute atomic E-state index is 11.8. The number of nitrogens with zero attached hydrogens (tertiary/aromatic N) is 1. The first-order chi connectivity index (χ1) is 8.19. The zero-order valence-corrected chi connectivity index (χ0v) is 11.8. The summed E-state index contributed by atoms with van der Waals surface area (Å²) in [5, 5.41) is 13.8. The van der Waals surface area contributed by atoms with E-state index < -0.39 is 0 Å². The summed E-state index contributed by atoms with van der Waals surface area (Å²) in [6, 6.07) is 0.228. The number of nitrogens with one attached hydrogen (secondary N) is 1. The topological polar surface area (TPSA) is 62.2 Å². The highest BCUT2D eigenvalue weighted by atomic mass is 79.9. The van der Waals surface area contributed by atoms with Gasteiger partial charge in [0.05, 0.1) is 0 Å². The van der Waals surface area contributed by atoms with Crippen molar-refractivity contribution >= 4 is 33.2 Å². The molecule has 0 radical (unpaired) electrons. The van der Waals surface area contributed by atoms with Crippen molar-refractivity contribution in [3.05, 3.63) is 15.0 Å². The molecule has 0 bridgehead atoms. The summed E-state index contributed by atoms with van der Waals surface area (Å²) in [6.07, 6.45) is 3.87. The molecule has 1 aromatic heterocycles.